The zero-order valence-electron chi connectivity index (χ0n) is 16.9. The Kier molecular flexibility index (Phi) is 6.08. The highest BCUT2D eigenvalue weighted by Crippen LogP contribution is 2.27. The number of hydrogen-bond donors (Lipinski definition) is 1. The SMILES string of the molecule is Cc1ccnn1-c1cccc(NC(=O)C2CCN(S(=O)(=O)c3cccnc3Cl)CC2)c1. The van der Waals surface area contributed by atoms with Crippen LogP contribution in [-0.2, 0) is 14.8 Å². The molecule has 1 aromatic carbocycles. The number of anilines is 1. The van der Waals surface area contributed by atoms with Crippen molar-refractivity contribution in [1.82, 2.24) is 19.1 Å². The predicted octanol–water partition coefficient (Wildman–Crippen LogP) is 3.27. The number of carbonyl (C=O) groups excluding carboxylic acids is 1. The summed E-state index contributed by atoms with van der Waals surface area (Å²) in [5, 5.41) is 7.19. The molecule has 1 amide bonds. The van der Waals surface area contributed by atoms with Gasteiger partial charge in [0.2, 0.25) is 15.9 Å². The van der Waals surface area contributed by atoms with E-state index in [0.717, 1.165) is 11.4 Å². The number of aromatic nitrogens is 3. The highest BCUT2D eigenvalue weighted by Gasteiger charge is 2.33. The van der Waals surface area contributed by atoms with Crippen molar-refractivity contribution >= 4 is 33.2 Å². The van der Waals surface area contributed by atoms with Crippen molar-refractivity contribution in [3.63, 3.8) is 0 Å². The van der Waals surface area contributed by atoms with Gasteiger partial charge in [-0.15, -0.1) is 0 Å². The smallest absolute Gasteiger partial charge is 0.246 e. The third-order valence-electron chi connectivity index (χ3n) is 5.36. The molecule has 1 saturated heterocycles. The Morgan fingerprint density at radius 3 is 2.58 bits per heavy atom. The molecule has 1 aliphatic heterocycles. The summed E-state index contributed by atoms with van der Waals surface area (Å²) in [6.45, 7) is 2.45. The summed E-state index contributed by atoms with van der Waals surface area (Å²) in [4.78, 5) is 16.6. The van der Waals surface area contributed by atoms with Crippen molar-refractivity contribution in [3.05, 3.63) is 65.7 Å². The molecule has 1 fully saturated rings. The van der Waals surface area contributed by atoms with Gasteiger partial charge in [-0.1, -0.05) is 17.7 Å². The number of carbonyl (C=O) groups is 1. The van der Waals surface area contributed by atoms with Gasteiger partial charge in [0, 0.05) is 42.8 Å². The Morgan fingerprint density at radius 2 is 1.90 bits per heavy atom. The highest BCUT2D eigenvalue weighted by molar-refractivity contribution is 7.89. The maximum absolute atomic E-state index is 12.8. The summed E-state index contributed by atoms with van der Waals surface area (Å²) in [6.07, 6.45) is 4.03. The predicted molar refractivity (Wildman–Crippen MR) is 118 cm³/mol. The maximum atomic E-state index is 12.8. The number of pyridine rings is 1. The van der Waals surface area contributed by atoms with Crippen molar-refractivity contribution in [2.24, 2.45) is 5.92 Å². The maximum Gasteiger partial charge on any atom is 0.246 e. The molecular weight excluding hydrogens is 438 g/mol. The molecule has 0 spiro atoms. The number of sulfonamides is 1. The van der Waals surface area contributed by atoms with Crippen molar-refractivity contribution in [1.29, 1.82) is 0 Å². The van der Waals surface area contributed by atoms with Crippen molar-refractivity contribution in [3.8, 4) is 5.69 Å². The minimum atomic E-state index is -3.74. The molecule has 162 valence electrons. The standard InChI is InChI=1S/C21H22ClN5O3S/c1-15-7-11-24-27(15)18-5-2-4-17(14-18)25-21(28)16-8-12-26(13-9-16)31(29,30)19-6-3-10-23-20(19)22/h2-7,10-11,14,16H,8-9,12-13H2,1H3,(H,25,28). The largest absolute Gasteiger partial charge is 0.326 e. The van der Waals surface area contributed by atoms with Gasteiger partial charge < -0.3 is 5.32 Å². The van der Waals surface area contributed by atoms with Crippen LogP contribution in [0.1, 0.15) is 18.5 Å². The molecule has 0 atom stereocenters. The summed E-state index contributed by atoms with van der Waals surface area (Å²) >= 11 is 5.97. The van der Waals surface area contributed by atoms with Crippen LogP contribution in [0.2, 0.25) is 5.15 Å². The fourth-order valence-electron chi connectivity index (χ4n) is 3.66. The normalized spacial score (nSPS) is 15.7. The van der Waals surface area contributed by atoms with Crippen LogP contribution in [0.3, 0.4) is 0 Å². The fourth-order valence-corrected chi connectivity index (χ4v) is 5.56. The second kappa shape index (κ2) is 8.78. The van der Waals surface area contributed by atoms with Gasteiger partial charge >= 0.3 is 0 Å². The summed E-state index contributed by atoms with van der Waals surface area (Å²) in [5.74, 6) is -0.392. The lowest BCUT2D eigenvalue weighted by Gasteiger charge is -2.30. The van der Waals surface area contributed by atoms with Crippen LogP contribution in [0.25, 0.3) is 5.69 Å². The Hall–Kier alpha value is -2.75. The van der Waals surface area contributed by atoms with Crippen LogP contribution >= 0.6 is 11.6 Å². The lowest BCUT2D eigenvalue weighted by molar-refractivity contribution is -0.120. The van der Waals surface area contributed by atoms with Gasteiger partial charge in [-0.25, -0.2) is 18.1 Å². The second-order valence-electron chi connectivity index (χ2n) is 7.39. The van der Waals surface area contributed by atoms with Crippen LogP contribution < -0.4 is 5.32 Å². The number of nitrogens with one attached hydrogen (secondary N) is 1. The summed E-state index contributed by atoms with van der Waals surface area (Å²) in [6, 6.07) is 12.4. The first-order valence-electron chi connectivity index (χ1n) is 9.89. The Bertz CT molecular complexity index is 1200. The van der Waals surface area contributed by atoms with Gasteiger partial charge in [0.15, 0.2) is 0 Å². The van der Waals surface area contributed by atoms with Crippen molar-refractivity contribution < 1.29 is 13.2 Å². The van der Waals surface area contributed by atoms with E-state index in [0.29, 0.717) is 18.5 Å². The van der Waals surface area contributed by atoms with E-state index in [1.165, 1.54) is 22.6 Å². The van der Waals surface area contributed by atoms with E-state index < -0.39 is 10.0 Å². The summed E-state index contributed by atoms with van der Waals surface area (Å²) < 4.78 is 28.8. The van der Waals surface area contributed by atoms with E-state index in [1.807, 2.05) is 37.3 Å². The Labute approximate surface area is 185 Å². The number of benzene rings is 1. The van der Waals surface area contributed by atoms with Crippen LogP contribution in [0.15, 0.2) is 59.8 Å². The van der Waals surface area contributed by atoms with E-state index in [2.05, 4.69) is 15.4 Å². The Balaban J connectivity index is 1.40. The number of hydrogen-bond acceptors (Lipinski definition) is 5. The van der Waals surface area contributed by atoms with E-state index in [4.69, 9.17) is 11.6 Å². The molecule has 0 bridgehead atoms. The number of rotatable bonds is 5. The third kappa shape index (κ3) is 4.48. The molecule has 3 heterocycles. The van der Waals surface area contributed by atoms with E-state index in [9.17, 15) is 13.2 Å². The van der Waals surface area contributed by atoms with Gasteiger partial charge in [0.1, 0.15) is 10.0 Å². The van der Waals surface area contributed by atoms with Gasteiger partial charge in [0.25, 0.3) is 0 Å². The molecule has 1 N–H and O–H groups in total. The van der Waals surface area contributed by atoms with Crippen LogP contribution in [0.5, 0.6) is 0 Å². The lowest BCUT2D eigenvalue weighted by Crippen LogP contribution is -2.41. The molecule has 1 aliphatic rings. The fraction of sp³-hybridized carbons (Fsp3) is 0.286. The molecule has 0 saturated carbocycles. The molecule has 3 aromatic rings. The zero-order chi connectivity index (χ0) is 22.0. The lowest BCUT2D eigenvalue weighted by atomic mass is 9.97. The van der Waals surface area contributed by atoms with Crippen molar-refractivity contribution in [2.75, 3.05) is 18.4 Å². The first-order valence-corrected chi connectivity index (χ1v) is 11.7. The third-order valence-corrected chi connectivity index (χ3v) is 7.70. The molecule has 0 unspecified atom stereocenters. The average Bonchev–Trinajstić information content (AvgIpc) is 3.20. The molecule has 0 aliphatic carbocycles. The topological polar surface area (TPSA) is 97.2 Å². The highest BCUT2D eigenvalue weighted by atomic mass is 35.5. The number of aryl methyl sites for hydroxylation is 1. The monoisotopic (exact) mass is 459 g/mol. The number of halogens is 1. The number of amides is 1. The molecule has 8 nitrogen and oxygen atoms in total. The molecule has 2 aromatic heterocycles. The second-order valence-corrected chi connectivity index (χ2v) is 9.66. The quantitative estimate of drug-likeness (QED) is 0.590. The minimum absolute atomic E-state index is 0.00898. The first kappa shape index (κ1) is 21.5. The Morgan fingerprint density at radius 1 is 1.13 bits per heavy atom. The average molecular weight is 460 g/mol. The van der Waals surface area contributed by atoms with E-state index >= 15 is 0 Å². The van der Waals surface area contributed by atoms with E-state index in [1.54, 1.807) is 10.9 Å². The summed E-state index contributed by atoms with van der Waals surface area (Å²) in [7, 11) is -3.74. The molecule has 10 heteroatoms. The van der Waals surface area contributed by atoms with Gasteiger partial charge in [-0.2, -0.15) is 9.40 Å². The van der Waals surface area contributed by atoms with Gasteiger partial charge in [-0.3, -0.25) is 4.79 Å². The molecule has 31 heavy (non-hydrogen) atoms. The molecule has 0 radical (unpaired) electrons. The number of nitrogens with zero attached hydrogens (tertiary/aromatic N) is 4. The van der Waals surface area contributed by atoms with Crippen molar-refractivity contribution in [2.45, 2.75) is 24.7 Å². The van der Waals surface area contributed by atoms with Crippen LogP contribution in [0.4, 0.5) is 5.69 Å². The van der Waals surface area contributed by atoms with Crippen LogP contribution in [-0.4, -0.2) is 46.5 Å². The first-order chi connectivity index (χ1) is 14.9. The molecular formula is C21H22ClN5O3S. The zero-order valence-corrected chi connectivity index (χ0v) is 18.5. The summed E-state index contributed by atoms with van der Waals surface area (Å²) in [5.41, 5.74) is 2.52. The van der Waals surface area contributed by atoms with Crippen LogP contribution in [0, 0.1) is 12.8 Å². The molecule has 4 rings (SSSR count). The van der Waals surface area contributed by atoms with E-state index in [-0.39, 0.29) is 35.0 Å². The number of piperidine rings is 1. The minimum Gasteiger partial charge on any atom is -0.326 e. The van der Waals surface area contributed by atoms with Gasteiger partial charge in [-0.05, 0) is 56.2 Å². The van der Waals surface area contributed by atoms with Gasteiger partial charge in [0.05, 0.1) is 5.69 Å².